The lowest BCUT2D eigenvalue weighted by Crippen LogP contribution is -2.45. The third-order valence-electron chi connectivity index (χ3n) is 6.06. The molecule has 10 nitrogen and oxygen atoms in total. The summed E-state index contributed by atoms with van der Waals surface area (Å²) in [7, 11) is 0. The second kappa shape index (κ2) is 9.41. The topological polar surface area (TPSA) is 123 Å². The molecule has 1 saturated heterocycles. The largest absolute Gasteiger partial charge is 0.490 e. The molecule has 5 heterocycles. The Morgan fingerprint density at radius 1 is 1.23 bits per heavy atom. The molecule has 1 N–H and O–H groups in total. The highest BCUT2D eigenvalue weighted by atomic mass is 32.1. The Morgan fingerprint density at radius 3 is 2.54 bits per heavy atom. The van der Waals surface area contributed by atoms with E-state index in [4.69, 9.17) is 14.3 Å². The van der Waals surface area contributed by atoms with E-state index in [-0.39, 0.29) is 12.0 Å². The van der Waals surface area contributed by atoms with E-state index in [1.54, 1.807) is 17.1 Å². The molecule has 3 aromatic rings. The number of aryl methyl sites for hydroxylation is 1. The van der Waals surface area contributed by atoms with Gasteiger partial charge in [-0.25, -0.2) is 14.5 Å². The number of carboxylic acid groups (broad SMARTS) is 1. The Bertz CT molecular complexity index is 1330. The zero-order valence-corrected chi connectivity index (χ0v) is 19.4. The average molecular weight is 513 g/mol. The number of furan rings is 1. The number of thiazole rings is 1. The van der Waals surface area contributed by atoms with Crippen LogP contribution in [0.2, 0.25) is 0 Å². The number of alkyl halides is 3. The zero-order valence-electron chi connectivity index (χ0n) is 18.6. The molecule has 0 aromatic carbocycles. The van der Waals surface area contributed by atoms with Gasteiger partial charge in [-0.1, -0.05) is 0 Å². The fraction of sp³-hybridized carbons (Fsp3) is 0.476. The van der Waals surface area contributed by atoms with Gasteiger partial charge >= 0.3 is 23.3 Å². The monoisotopic (exact) mass is 513 g/mol. The van der Waals surface area contributed by atoms with Crippen LogP contribution in [0.3, 0.4) is 0 Å². The quantitative estimate of drug-likeness (QED) is 0.526. The maximum absolute atomic E-state index is 12.7. The lowest BCUT2D eigenvalue weighted by Gasteiger charge is -2.23. The van der Waals surface area contributed by atoms with E-state index >= 15 is 0 Å². The van der Waals surface area contributed by atoms with Crippen LogP contribution in [0.15, 0.2) is 38.0 Å². The number of rotatable bonds is 4. The van der Waals surface area contributed by atoms with Gasteiger partial charge in [0, 0.05) is 36.0 Å². The standard InChI is InChI=1S/C19H21N5O3S.C2HF3O2/c1-13-20-15(11-28-13)9-24-17(26)16(25)23-6-4-19(18(23)21-24)3-5-22(12-19)8-14-2-7-27-10-14;3-2(4,5)1(6)7/h2,7,10-11H,3-6,8-9,12H2,1H3;(H,6,7). The van der Waals surface area contributed by atoms with Crippen molar-refractivity contribution < 1.29 is 27.5 Å². The van der Waals surface area contributed by atoms with Crippen LogP contribution in [0.5, 0.6) is 0 Å². The summed E-state index contributed by atoms with van der Waals surface area (Å²) in [5, 5.41) is 14.6. The van der Waals surface area contributed by atoms with Crippen LogP contribution in [0, 0.1) is 6.92 Å². The molecular weight excluding hydrogens is 491 g/mol. The van der Waals surface area contributed by atoms with E-state index < -0.39 is 23.3 Å². The number of hydrogen-bond acceptors (Lipinski definition) is 8. The van der Waals surface area contributed by atoms with Gasteiger partial charge in [-0.05, 0) is 32.4 Å². The predicted octanol–water partition coefficient (Wildman–Crippen LogP) is 1.99. The van der Waals surface area contributed by atoms with Gasteiger partial charge in [0.2, 0.25) is 0 Å². The van der Waals surface area contributed by atoms with Gasteiger partial charge in [-0.2, -0.15) is 18.3 Å². The molecule has 0 radical (unpaired) electrons. The van der Waals surface area contributed by atoms with Crippen molar-refractivity contribution in [2.24, 2.45) is 0 Å². The first-order chi connectivity index (χ1) is 16.5. The third-order valence-corrected chi connectivity index (χ3v) is 6.88. The number of halogens is 3. The second-order valence-corrected chi connectivity index (χ2v) is 9.59. The molecule has 1 fully saturated rings. The molecule has 5 rings (SSSR count). The first-order valence-corrected chi connectivity index (χ1v) is 11.5. The lowest BCUT2D eigenvalue weighted by molar-refractivity contribution is -0.192. The van der Waals surface area contributed by atoms with Crippen LogP contribution < -0.4 is 11.1 Å². The summed E-state index contributed by atoms with van der Waals surface area (Å²) >= 11 is 1.53. The lowest BCUT2D eigenvalue weighted by atomic mass is 9.85. The molecule has 35 heavy (non-hydrogen) atoms. The SMILES string of the molecule is Cc1nc(Cn2nc3n(c(=O)c2=O)CCC32CCN(Cc3ccoc3)C2)cs1.O=C(O)C(F)(F)F. The Labute approximate surface area is 200 Å². The van der Waals surface area contributed by atoms with Crippen molar-refractivity contribution in [1.29, 1.82) is 0 Å². The smallest absolute Gasteiger partial charge is 0.475 e. The van der Waals surface area contributed by atoms with E-state index in [1.807, 2.05) is 18.4 Å². The molecule has 1 unspecified atom stereocenters. The number of nitrogens with zero attached hydrogens (tertiary/aromatic N) is 5. The molecule has 0 aliphatic carbocycles. The van der Waals surface area contributed by atoms with E-state index in [9.17, 15) is 22.8 Å². The predicted molar refractivity (Wildman–Crippen MR) is 117 cm³/mol. The summed E-state index contributed by atoms with van der Waals surface area (Å²) in [6.07, 6.45) is 0.150. The minimum absolute atomic E-state index is 0.170. The Hall–Kier alpha value is -3.26. The van der Waals surface area contributed by atoms with Crippen molar-refractivity contribution in [3.63, 3.8) is 0 Å². The third kappa shape index (κ3) is 5.22. The molecule has 0 bridgehead atoms. The van der Waals surface area contributed by atoms with E-state index in [1.165, 1.54) is 16.0 Å². The van der Waals surface area contributed by atoms with Crippen LogP contribution >= 0.6 is 11.3 Å². The number of aliphatic carboxylic acids is 1. The maximum Gasteiger partial charge on any atom is 0.490 e. The average Bonchev–Trinajstić information content (AvgIpc) is 3.57. The van der Waals surface area contributed by atoms with Crippen LogP contribution in [0.4, 0.5) is 13.2 Å². The van der Waals surface area contributed by atoms with Crippen molar-refractivity contribution in [3.8, 4) is 0 Å². The molecule has 1 atom stereocenters. The van der Waals surface area contributed by atoms with Crippen LogP contribution in [-0.2, 0) is 29.8 Å². The normalized spacial score (nSPS) is 19.5. The summed E-state index contributed by atoms with van der Waals surface area (Å²) < 4.78 is 39.8. The Morgan fingerprint density at radius 2 is 1.94 bits per heavy atom. The number of likely N-dealkylation sites (tertiary alicyclic amines) is 1. The Kier molecular flexibility index (Phi) is 6.68. The van der Waals surface area contributed by atoms with Gasteiger partial charge in [0.05, 0.1) is 29.8 Å². The Balaban J connectivity index is 0.000000364. The molecule has 2 aliphatic rings. The summed E-state index contributed by atoms with van der Waals surface area (Å²) in [6, 6.07) is 1.98. The fourth-order valence-corrected chi connectivity index (χ4v) is 5.04. The van der Waals surface area contributed by atoms with Crippen LogP contribution in [-0.4, -0.2) is 54.6 Å². The van der Waals surface area contributed by atoms with Gasteiger partial charge in [-0.15, -0.1) is 11.3 Å². The van der Waals surface area contributed by atoms with Crippen LogP contribution in [0.1, 0.15) is 34.9 Å². The number of carbonyl (C=O) groups is 1. The summed E-state index contributed by atoms with van der Waals surface area (Å²) in [6.45, 7) is 5.31. The highest BCUT2D eigenvalue weighted by Crippen LogP contribution is 2.40. The molecule has 0 amide bonds. The van der Waals surface area contributed by atoms with E-state index in [0.717, 1.165) is 54.6 Å². The minimum Gasteiger partial charge on any atom is -0.475 e. The molecule has 2 aliphatic heterocycles. The van der Waals surface area contributed by atoms with Gasteiger partial charge in [-0.3, -0.25) is 19.1 Å². The van der Waals surface area contributed by atoms with Gasteiger partial charge < -0.3 is 9.52 Å². The highest BCUT2D eigenvalue weighted by Gasteiger charge is 2.47. The molecule has 1 spiro atoms. The highest BCUT2D eigenvalue weighted by molar-refractivity contribution is 7.09. The molecule has 14 heteroatoms. The number of carboxylic acids is 1. The zero-order chi connectivity index (χ0) is 25.4. The number of aromatic nitrogens is 4. The minimum atomic E-state index is -5.08. The van der Waals surface area contributed by atoms with Crippen molar-refractivity contribution in [1.82, 2.24) is 24.2 Å². The van der Waals surface area contributed by atoms with Crippen molar-refractivity contribution >= 4 is 17.3 Å². The van der Waals surface area contributed by atoms with E-state index in [0.29, 0.717) is 6.54 Å². The van der Waals surface area contributed by atoms with Gasteiger partial charge in [0.1, 0.15) is 5.82 Å². The van der Waals surface area contributed by atoms with Gasteiger partial charge in [0.15, 0.2) is 0 Å². The first kappa shape index (κ1) is 24.9. The van der Waals surface area contributed by atoms with Gasteiger partial charge in [0.25, 0.3) is 0 Å². The van der Waals surface area contributed by atoms with Crippen molar-refractivity contribution in [3.05, 3.63) is 66.8 Å². The summed E-state index contributed by atoms with van der Waals surface area (Å²) in [5.74, 6) is -2.01. The molecule has 3 aromatic heterocycles. The molecular formula is C21H22F3N5O5S. The molecule has 0 saturated carbocycles. The first-order valence-electron chi connectivity index (χ1n) is 10.7. The fourth-order valence-electron chi connectivity index (χ4n) is 4.44. The second-order valence-electron chi connectivity index (χ2n) is 8.53. The molecule has 188 valence electrons. The maximum atomic E-state index is 12.7. The number of fused-ring (bicyclic) bond motifs is 2. The van der Waals surface area contributed by atoms with E-state index in [2.05, 4.69) is 15.0 Å². The van der Waals surface area contributed by atoms with Crippen molar-refractivity contribution in [2.75, 3.05) is 13.1 Å². The number of hydrogen-bond donors (Lipinski definition) is 1. The van der Waals surface area contributed by atoms with Crippen molar-refractivity contribution in [2.45, 2.75) is 51.0 Å². The van der Waals surface area contributed by atoms with Crippen LogP contribution in [0.25, 0.3) is 0 Å². The summed E-state index contributed by atoms with van der Waals surface area (Å²) in [4.78, 5) is 40.9. The summed E-state index contributed by atoms with van der Waals surface area (Å²) in [5.41, 5.74) is 0.698.